The molecule has 1 aliphatic heterocycles. The summed E-state index contributed by atoms with van der Waals surface area (Å²) in [4.78, 5) is 38.6. The minimum absolute atomic E-state index is 0.259. The number of nitrogens with one attached hydrogen (secondary N) is 1. The van der Waals surface area contributed by atoms with Crippen LogP contribution in [-0.4, -0.2) is 40.6 Å². The van der Waals surface area contributed by atoms with Crippen molar-refractivity contribution < 1.29 is 23.5 Å². The maximum atomic E-state index is 12.7. The molecule has 0 unspecified atom stereocenters. The van der Waals surface area contributed by atoms with Crippen molar-refractivity contribution >= 4 is 35.2 Å². The number of rotatable bonds is 5. The zero-order valence-corrected chi connectivity index (χ0v) is 16.7. The van der Waals surface area contributed by atoms with Gasteiger partial charge in [0.05, 0.1) is 6.26 Å². The van der Waals surface area contributed by atoms with E-state index in [1.807, 2.05) is 25.1 Å². The molecule has 148 valence electrons. The minimum Gasteiger partial charge on any atom is -0.466 e. The molecule has 0 aliphatic carbocycles. The lowest BCUT2D eigenvalue weighted by Gasteiger charge is -2.26. The lowest BCUT2D eigenvalue weighted by atomic mass is 10.2. The van der Waals surface area contributed by atoms with Crippen LogP contribution in [0.4, 0.5) is 5.69 Å². The molecular formula is C20H22N2O5S. The van der Waals surface area contributed by atoms with Crippen molar-refractivity contribution in [2.45, 2.75) is 38.3 Å². The van der Waals surface area contributed by atoms with Crippen molar-refractivity contribution in [1.82, 2.24) is 4.90 Å². The number of nitrogens with zero attached hydrogens (tertiary/aromatic N) is 1. The number of carbonyl (C=O) groups is 3. The number of hydrogen-bond donors (Lipinski definition) is 1. The number of benzene rings is 1. The van der Waals surface area contributed by atoms with Crippen LogP contribution in [0.5, 0.6) is 0 Å². The van der Waals surface area contributed by atoms with E-state index in [1.54, 1.807) is 18.2 Å². The van der Waals surface area contributed by atoms with Crippen molar-refractivity contribution in [3.8, 4) is 0 Å². The molecular weight excluding hydrogens is 380 g/mol. The summed E-state index contributed by atoms with van der Waals surface area (Å²) < 4.78 is 10.7. The largest absolute Gasteiger partial charge is 0.466 e. The fourth-order valence-electron chi connectivity index (χ4n) is 3.00. The van der Waals surface area contributed by atoms with Crippen LogP contribution in [0.25, 0.3) is 0 Å². The first-order chi connectivity index (χ1) is 13.4. The highest BCUT2D eigenvalue weighted by atomic mass is 32.2. The summed E-state index contributed by atoms with van der Waals surface area (Å²) in [6, 6.07) is 10.1. The summed E-state index contributed by atoms with van der Waals surface area (Å²) in [7, 11) is 0. The Kier molecular flexibility index (Phi) is 6.08. The highest BCUT2D eigenvalue weighted by molar-refractivity contribution is 7.99. The fraction of sp³-hybridized carbons (Fsp3) is 0.350. The van der Waals surface area contributed by atoms with Gasteiger partial charge in [-0.05, 0) is 43.7 Å². The van der Waals surface area contributed by atoms with Crippen molar-refractivity contribution in [1.29, 1.82) is 0 Å². The summed E-state index contributed by atoms with van der Waals surface area (Å²) >= 11 is 1.42. The van der Waals surface area contributed by atoms with Crippen molar-refractivity contribution in [2.24, 2.45) is 0 Å². The molecule has 2 heterocycles. The summed E-state index contributed by atoms with van der Waals surface area (Å²) in [6.45, 7) is 4.83. The average molecular weight is 402 g/mol. The maximum absolute atomic E-state index is 12.7. The monoisotopic (exact) mass is 402 g/mol. The van der Waals surface area contributed by atoms with Crippen molar-refractivity contribution in [2.75, 3.05) is 11.1 Å². The van der Waals surface area contributed by atoms with E-state index in [1.165, 1.54) is 36.8 Å². The predicted molar refractivity (Wildman–Crippen MR) is 106 cm³/mol. The lowest BCUT2D eigenvalue weighted by molar-refractivity contribution is -0.160. The summed E-state index contributed by atoms with van der Waals surface area (Å²) in [5.41, 5.74) is 1.64. The van der Waals surface area contributed by atoms with E-state index in [9.17, 15) is 14.4 Å². The average Bonchev–Trinajstić information content (AvgIpc) is 3.30. The van der Waals surface area contributed by atoms with Gasteiger partial charge in [-0.2, -0.15) is 0 Å². The molecule has 1 aromatic carbocycles. The van der Waals surface area contributed by atoms with Gasteiger partial charge in [0.25, 0.3) is 5.91 Å². The van der Waals surface area contributed by atoms with Crippen LogP contribution in [0.3, 0.4) is 0 Å². The molecule has 1 aliphatic rings. The highest BCUT2D eigenvalue weighted by Crippen LogP contribution is 2.41. The molecule has 2 aromatic rings. The molecule has 0 spiro atoms. The number of esters is 1. The number of amides is 2. The van der Waals surface area contributed by atoms with Gasteiger partial charge in [0.1, 0.15) is 17.2 Å². The molecule has 1 aromatic heterocycles. The maximum Gasteiger partial charge on any atom is 0.330 e. The molecule has 2 amide bonds. The van der Waals surface area contributed by atoms with E-state index < -0.39 is 24.0 Å². The van der Waals surface area contributed by atoms with Crippen LogP contribution in [0.1, 0.15) is 30.5 Å². The van der Waals surface area contributed by atoms with E-state index in [2.05, 4.69) is 5.32 Å². The molecule has 1 saturated heterocycles. The van der Waals surface area contributed by atoms with Crippen LogP contribution in [0, 0.1) is 6.92 Å². The van der Waals surface area contributed by atoms with E-state index in [0.29, 0.717) is 17.2 Å². The van der Waals surface area contributed by atoms with E-state index >= 15 is 0 Å². The van der Waals surface area contributed by atoms with Crippen LogP contribution in [0.2, 0.25) is 0 Å². The van der Waals surface area contributed by atoms with E-state index in [4.69, 9.17) is 9.15 Å². The summed E-state index contributed by atoms with van der Waals surface area (Å²) in [5.74, 6) is -0.327. The first kappa shape index (κ1) is 20.0. The van der Waals surface area contributed by atoms with Gasteiger partial charge >= 0.3 is 5.97 Å². The normalized spacial score (nSPS) is 19.9. The number of anilines is 1. The first-order valence-corrected chi connectivity index (χ1v) is 9.93. The van der Waals surface area contributed by atoms with Gasteiger partial charge in [0.2, 0.25) is 5.91 Å². The number of aryl methyl sites for hydroxylation is 1. The second-order valence-corrected chi connectivity index (χ2v) is 7.69. The Hall–Kier alpha value is -2.74. The summed E-state index contributed by atoms with van der Waals surface area (Å²) in [5, 5.41) is 2.34. The Morgan fingerprint density at radius 3 is 2.71 bits per heavy atom. The summed E-state index contributed by atoms with van der Waals surface area (Å²) in [6.07, 6.45) is 0.534. The Balaban J connectivity index is 1.64. The van der Waals surface area contributed by atoms with Crippen LogP contribution >= 0.6 is 11.8 Å². The number of thioether (sulfide) groups is 1. The molecule has 3 atom stereocenters. The van der Waals surface area contributed by atoms with Gasteiger partial charge in [-0.3, -0.25) is 9.59 Å². The van der Waals surface area contributed by atoms with Crippen LogP contribution < -0.4 is 5.32 Å². The van der Waals surface area contributed by atoms with Crippen LogP contribution in [0.15, 0.2) is 47.1 Å². The topological polar surface area (TPSA) is 88.8 Å². The SMILES string of the molecule is CC(=O)N1[C@@H](C(=O)O[C@H](C)C(=O)Nc2cccc(C)c2)CS[C@@H]1c1ccco1. The lowest BCUT2D eigenvalue weighted by Crippen LogP contribution is -2.44. The molecule has 1 fully saturated rings. The molecule has 8 heteroatoms. The highest BCUT2D eigenvalue weighted by Gasteiger charge is 2.43. The zero-order valence-electron chi connectivity index (χ0n) is 15.9. The molecule has 0 radical (unpaired) electrons. The third kappa shape index (κ3) is 4.39. The molecule has 0 bridgehead atoms. The van der Waals surface area contributed by atoms with E-state index in [0.717, 1.165) is 5.56 Å². The van der Waals surface area contributed by atoms with Crippen molar-refractivity contribution in [3.63, 3.8) is 0 Å². The Bertz CT molecular complexity index is 867. The van der Waals surface area contributed by atoms with Crippen LogP contribution in [-0.2, 0) is 19.1 Å². The second kappa shape index (κ2) is 8.52. The van der Waals surface area contributed by atoms with Gasteiger partial charge in [-0.1, -0.05) is 12.1 Å². The molecule has 0 saturated carbocycles. The zero-order chi connectivity index (χ0) is 20.3. The fourth-order valence-corrected chi connectivity index (χ4v) is 4.41. The third-order valence-corrected chi connectivity index (χ3v) is 5.65. The van der Waals surface area contributed by atoms with Gasteiger partial charge in [0.15, 0.2) is 6.10 Å². The molecule has 3 rings (SSSR count). The smallest absolute Gasteiger partial charge is 0.330 e. The standard InChI is InChI=1S/C20H22N2O5S/c1-12-6-4-7-15(10-12)21-18(24)13(2)27-20(25)16-11-28-19(22(16)14(3)23)17-8-5-9-26-17/h4-10,13,16,19H,11H2,1-3H3,(H,21,24)/t13-,16-,19-/m1/s1. The number of ether oxygens (including phenoxy) is 1. The van der Waals surface area contributed by atoms with Gasteiger partial charge in [0, 0.05) is 18.4 Å². The molecule has 7 nitrogen and oxygen atoms in total. The predicted octanol–water partition coefficient (Wildman–Crippen LogP) is 3.12. The Morgan fingerprint density at radius 1 is 1.29 bits per heavy atom. The van der Waals surface area contributed by atoms with Gasteiger partial charge in [-0.25, -0.2) is 4.79 Å². The number of furan rings is 1. The second-order valence-electron chi connectivity index (χ2n) is 6.58. The molecule has 1 N–H and O–H groups in total. The Labute approximate surface area is 167 Å². The number of hydrogen-bond acceptors (Lipinski definition) is 6. The van der Waals surface area contributed by atoms with E-state index in [-0.39, 0.29) is 11.3 Å². The first-order valence-electron chi connectivity index (χ1n) is 8.88. The Morgan fingerprint density at radius 2 is 2.07 bits per heavy atom. The number of carbonyl (C=O) groups excluding carboxylic acids is 3. The van der Waals surface area contributed by atoms with Crippen molar-refractivity contribution in [3.05, 3.63) is 54.0 Å². The quantitative estimate of drug-likeness (QED) is 0.773. The molecule has 28 heavy (non-hydrogen) atoms. The minimum atomic E-state index is -0.991. The van der Waals surface area contributed by atoms with Gasteiger partial charge < -0.3 is 19.4 Å². The third-order valence-electron chi connectivity index (χ3n) is 4.37. The van der Waals surface area contributed by atoms with Gasteiger partial charge in [-0.15, -0.1) is 11.8 Å².